The topological polar surface area (TPSA) is 35.8 Å². The Balaban J connectivity index is 2.94. The van der Waals surface area contributed by atoms with Gasteiger partial charge in [-0.1, -0.05) is 0 Å². The van der Waals surface area contributed by atoms with Gasteiger partial charge in [0.2, 0.25) is 0 Å². The number of aliphatic imine (C=N–C) groups is 1. The van der Waals surface area contributed by atoms with Crippen LogP contribution in [0.3, 0.4) is 0 Å². The minimum Gasteiger partial charge on any atom is -0.395 e. The summed E-state index contributed by atoms with van der Waals surface area (Å²) in [6.07, 6.45) is 0. The Hall–Kier alpha value is -1.35. The van der Waals surface area contributed by atoms with Gasteiger partial charge < -0.3 is 10.0 Å². The predicted octanol–water partition coefficient (Wildman–Crippen LogP) is 2.15. The van der Waals surface area contributed by atoms with Gasteiger partial charge in [0, 0.05) is 18.8 Å². The monoisotopic (exact) mass is 206 g/mol. The van der Waals surface area contributed by atoms with Crippen LogP contribution in [0.2, 0.25) is 0 Å². The average molecular weight is 206 g/mol. The van der Waals surface area contributed by atoms with Gasteiger partial charge in [-0.15, -0.1) is 0 Å². The van der Waals surface area contributed by atoms with Crippen LogP contribution >= 0.6 is 0 Å². The number of nitrogens with zero attached hydrogens (tertiary/aromatic N) is 2. The maximum absolute atomic E-state index is 8.93. The normalized spacial score (nSPS) is 10.1. The van der Waals surface area contributed by atoms with Gasteiger partial charge in [-0.3, -0.25) is 4.99 Å². The second-order valence-corrected chi connectivity index (χ2v) is 3.43. The zero-order valence-corrected chi connectivity index (χ0v) is 9.40. The van der Waals surface area contributed by atoms with Crippen LogP contribution < -0.4 is 4.90 Å². The highest BCUT2D eigenvalue weighted by Crippen LogP contribution is 2.24. The zero-order valence-electron chi connectivity index (χ0n) is 9.40. The molecule has 82 valence electrons. The van der Waals surface area contributed by atoms with Gasteiger partial charge in [0.15, 0.2) is 0 Å². The van der Waals surface area contributed by atoms with Gasteiger partial charge >= 0.3 is 0 Å². The van der Waals surface area contributed by atoms with E-state index < -0.39 is 0 Å². The molecule has 0 aliphatic heterocycles. The molecule has 1 aromatic carbocycles. The van der Waals surface area contributed by atoms with E-state index in [2.05, 4.69) is 29.6 Å². The summed E-state index contributed by atoms with van der Waals surface area (Å²) >= 11 is 0. The highest BCUT2D eigenvalue weighted by atomic mass is 16.3. The molecule has 3 nitrogen and oxygen atoms in total. The summed E-state index contributed by atoms with van der Waals surface area (Å²) in [5.74, 6) is 0. The van der Waals surface area contributed by atoms with Crippen LogP contribution in [0.4, 0.5) is 11.4 Å². The molecule has 0 amide bonds. The van der Waals surface area contributed by atoms with Crippen LogP contribution in [0, 0.1) is 6.92 Å². The Morgan fingerprint density at radius 2 is 2.20 bits per heavy atom. The Labute approximate surface area is 91.1 Å². The molecule has 0 heterocycles. The second-order valence-electron chi connectivity index (χ2n) is 3.43. The third-order valence-electron chi connectivity index (χ3n) is 2.47. The number of aryl methyl sites for hydroxylation is 1. The standard InChI is InChI=1S/C12H18N2O/c1-4-14(7-8-15)11-5-6-12(13-3)10(2)9-11/h5-6,9,15H,3-4,7-8H2,1-2H3. The van der Waals surface area contributed by atoms with Crippen molar-refractivity contribution in [1.29, 1.82) is 0 Å². The highest BCUT2D eigenvalue weighted by molar-refractivity contribution is 5.59. The summed E-state index contributed by atoms with van der Waals surface area (Å²) in [6, 6.07) is 6.04. The lowest BCUT2D eigenvalue weighted by Gasteiger charge is -2.22. The van der Waals surface area contributed by atoms with Gasteiger partial charge in [-0.25, -0.2) is 0 Å². The smallest absolute Gasteiger partial charge is 0.0653 e. The van der Waals surface area contributed by atoms with E-state index in [0.29, 0.717) is 6.54 Å². The van der Waals surface area contributed by atoms with Crippen molar-refractivity contribution in [3.63, 3.8) is 0 Å². The maximum atomic E-state index is 8.93. The molecule has 0 aliphatic carbocycles. The average Bonchev–Trinajstić information content (AvgIpc) is 2.25. The lowest BCUT2D eigenvalue weighted by molar-refractivity contribution is 0.302. The lowest BCUT2D eigenvalue weighted by atomic mass is 10.1. The molecular formula is C12H18N2O. The van der Waals surface area contributed by atoms with E-state index in [9.17, 15) is 0 Å². The largest absolute Gasteiger partial charge is 0.395 e. The number of benzene rings is 1. The molecule has 0 radical (unpaired) electrons. The highest BCUT2D eigenvalue weighted by Gasteiger charge is 2.04. The minimum atomic E-state index is 0.175. The van der Waals surface area contributed by atoms with E-state index in [4.69, 9.17) is 5.11 Å². The van der Waals surface area contributed by atoms with E-state index in [1.54, 1.807) is 0 Å². The molecule has 1 rings (SSSR count). The first-order valence-electron chi connectivity index (χ1n) is 5.16. The fraction of sp³-hybridized carbons (Fsp3) is 0.417. The molecule has 0 atom stereocenters. The van der Waals surface area contributed by atoms with Crippen LogP contribution in [0.5, 0.6) is 0 Å². The SMILES string of the molecule is C=Nc1ccc(N(CC)CCO)cc1C. The van der Waals surface area contributed by atoms with Crippen molar-refractivity contribution in [1.82, 2.24) is 0 Å². The van der Waals surface area contributed by atoms with Crippen molar-refractivity contribution in [2.75, 3.05) is 24.6 Å². The molecule has 0 fully saturated rings. The van der Waals surface area contributed by atoms with Crippen LogP contribution in [-0.4, -0.2) is 31.5 Å². The Kier molecular flexibility index (Phi) is 4.31. The summed E-state index contributed by atoms with van der Waals surface area (Å²) in [4.78, 5) is 6.05. The third-order valence-corrected chi connectivity index (χ3v) is 2.47. The van der Waals surface area contributed by atoms with E-state index in [0.717, 1.165) is 23.5 Å². The van der Waals surface area contributed by atoms with Crippen LogP contribution in [0.25, 0.3) is 0 Å². The zero-order chi connectivity index (χ0) is 11.3. The molecule has 3 heteroatoms. The summed E-state index contributed by atoms with van der Waals surface area (Å²) < 4.78 is 0. The van der Waals surface area contributed by atoms with Crippen molar-refractivity contribution in [3.8, 4) is 0 Å². The van der Waals surface area contributed by atoms with Crippen molar-refractivity contribution in [3.05, 3.63) is 23.8 Å². The van der Waals surface area contributed by atoms with Crippen molar-refractivity contribution in [2.45, 2.75) is 13.8 Å². The summed E-state index contributed by atoms with van der Waals surface area (Å²) in [5, 5.41) is 8.93. The van der Waals surface area contributed by atoms with E-state index in [-0.39, 0.29) is 6.61 Å². The fourth-order valence-corrected chi connectivity index (χ4v) is 1.60. The van der Waals surface area contributed by atoms with Gasteiger partial charge in [0.1, 0.15) is 0 Å². The van der Waals surface area contributed by atoms with Crippen LogP contribution in [-0.2, 0) is 0 Å². The molecule has 1 aromatic rings. The van der Waals surface area contributed by atoms with Crippen molar-refractivity contribution >= 4 is 18.1 Å². The van der Waals surface area contributed by atoms with E-state index in [1.165, 1.54) is 0 Å². The maximum Gasteiger partial charge on any atom is 0.0653 e. The number of hydrogen-bond acceptors (Lipinski definition) is 3. The Bertz CT molecular complexity index is 336. The predicted molar refractivity (Wildman–Crippen MR) is 65.4 cm³/mol. The van der Waals surface area contributed by atoms with Gasteiger partial charge in [0.25, 0.3) is 0 Å². The quantitative estimate of drug-likeness (QED) is 0.749. The molecule has 0 aromatic heterocycles. The first-order valence-corrected chi connectivity index (χ1v) is 5.16. The number of hydrogen-bond donors (Lipinski definition) is 1. The number of anilines is 1. The van der Waals surface area contributed by atoms with Gasteiger partial charge in [-0.05, 0) is 44.3 Å². The first kappa shape index (κ1) is 11.7. The van der Waals surface area contributed by atoms with E-state index >= 15 is 0 Å². The summed E-state index contributed by atoms with van der Waals surface area (Å²) in [7, 11) is 0. The summed E-state index contributed by atoms with van der Waals surface area (Å²) in [5.41, 5.74) is 3.15. The first-order chi connectivity index (χ1) is 7.22. The minimum absolute atomic E-state index is 0.175. The fourth-order valence-electron chi connectivity index (χ4n) is 1.60. The lowest BCUT2D eigenvalue weighted by Crippen LogP contribution is -2.26. The van der Waals surface area contributed by atoms with Crippen molar-refractivity contribution < 1.29 is 5.11 Å². The van der Waals surface area contributed by atoms with Gasteiger partial charge in [-0.2, -0.15) is 0 Å². The molecule has 0 saturated carbocycles. The van der Waals surface area contributed by atoms with Crippen molar-refractivity contribution in [2.24, 2.45) is 4.99 Å². The Morgan fingerprint density at radius 3 is 2.67 bits per heavy atom. The molecule has 0 bridgehead atoms. The second kappa shape index (κ2) is 5.51. The molecule has 1 N–H and O–H groups in total. The van der Waals surface area contributed by atoms with Crippen LogP contribution in [0.1, 0.15) is 12.5 Å². The number of likely N-dealkylation sites (N-methyl/N-ethyl adjacent to an activating group) is 1. The van der Waals surface area contributed by atoms with Gasteiger partial charge in [0.05, 0.1) is 12.3 Å². The molecular weight excluding hydrogens is 188 g/mol. The Morgan fingerprint density at radius 1 is 1.47 bits per heavy atom. The molecule has 0 saturated heterocycles. The molecule has 15 heavy (non-hydrogen) atoms. The van der Waals surface area contributed by atoms with Crippen LogP contribution in [0.15, 0.2) is 23.2 Å². The third kappa shape index (κ3) is 2.80. The number of aliphatic hydroxyl groups excluding tert-OH is 1. The summed E-state index contributed by atoms with van der Waals surface area (Å²) in [6.45, 7) is 9.34. The number of aliphatic hydroxyl groups is 1. The number of rotatable bonds is 5. The molecule has 0 unspecified atom stereocenters. The molecule has 0 spiro atoms. The van der Waals surface area contributed by atoms with E-state index in [1.807, 2.05) is 19.1 Å². The molecule has 0 aliphatic rings.